The van der Waals surface area contributed by atoms with Crippen molar-refractivity contribution in [1.82, 2.24) is 20.9 Å². The van der Waals surface area contributed by atoms with Gasteiger partial charge in [0.15, 0.2) is 11.5 Å². The largest absolute Gasteiger partial charge is 0.382 e. The maximum Gasteiger partial charge on any atom is 0.283 e. The third-order valence-corrected chi connectivity index (χ3v) is 3.43. The van der Waals surface area contributed by atoms with Crippen molar-refractivity contribution in [2.45, 2.75) is 25.9 Å². The van der Waals surface area contributed by atoms with Gasteiger partial charge in [0.25, 0.3) is 11.1 Å². The van der Waals surface area contributed by atoms with Crippen molar-refractivity contribution in [3.05, 3.63) is 43.4 Å². The summed E-state index contributed by atoms with van der Waals surface area (Å²) in [6.07, 6.45) is 1.56. The summed E-state index contributed by atoms with van der Waals surface area (Å²) in [7, 11) is 0. The Bertz CT molecular complexity index is 633. The van der Waals surface area contributed by atoms with Gasteiger partial charge in [0.1, 0.15) is 0 Å². The van der Waals surface area contributed by atoms with E-state index in [1.54, 1.807) is 0 Å². The fourth-order valence-corrected chi connectivity index (χ4v) is 2.34. The molecule has 2 aromatic rings. The van der Waals surface area contributed by atoms with Gasteiger partial charge in [0.2, 0.25) is 0 Å². The van der Waals surface area contributed by atoms with Crippen LogP contribution >= 0.6 is 0 Å². The first-order valence-corrected chi connectivity index (χ1v) is 6.55. The molecule has 108 valence electrons. The van der Waals surface area contributed by atoms with Gasteiger partial charge in [-0.15, -0.1) is 0 Å². The van der Waals surface area contributed by atoms with Gasteiger partial charge in [-0.05, 0) is 25.9 Å². The fraction of sp³-hybridized carbons (Fsp3) is 0.500. The zero-order chi connectivity index (χ0) is 13.9. The van der Waals surface area contributed by atoms with Crippen molar-refractivity contribution in [2.24, 2.45) is 0 Å². The Balaban J connectivity index is 0.000000121. The van der Waals surface area contributed by atoms with Crippen LogP contribution in [0.4, 0.5) is 0 Å². The van der Waals surface area contributed by atoms with Gasteiger partial charge in [0.05, 0.1) is 24.2 Å². The van der Waals surface area contributed by atoms with Crippen LogP contribution < -0.4 is 21.8 Å². The summed E-state index contributed by atoms with van der Waals surface area (Å²) in [6, 6.07) is 0. The highest BCUT2D eigenvalue weighted by atomic mass is 16.5. The third-order valence-electron chi connectivity index (χ3n) is 3.43. The molecule has 0 amide bonds. The number of hydrogen-bond acceptors (Lipinski definition) is 6. The van der Waals surface area contributed by atoms with Gasteiger partial charge in [-0.25, -0.2) is 0 Å². The normalized spacial score (nSPS) is 16.8. The van der Waals surface area contributed by atoms with Gasteiger partial charge >= 0.3 is 0 Å². The Labute approximate surface area is 113 Å². The van der Waals surface area contributed by atoms with Crippen molar-refractivity contribution in [1.29, 1.82) is 0 Å². The van der Waals surface area contributed by atoms with E-state index in [9.17, 15) is 9.59 Å². The predicted molar refractivity (Wildman–Crippen MR) is 69.5 cm³/mol. The van der Waals surface area contributed by atoms with E-state index in [2.05, 4.69) is 20.9 Å². The van der Waals surface area contributed by atoms with Gasteiger partial charge in [-0.3, -0.25) is 9.59 Å². The van der Waals surface area contributed by atoms with Crippen LogP contribution in [0, 0.1) is 0 Å². The van der Waals surface area contributed by atoms with E-state index >= 15 is 0 Å². The lowest BCUT2D eigenvalue weighted by Gasteiger charge is -2.07. The lowest BCUT2D eigenvalue weighted by Crippen LogP contribution is -2.25. The van der Waals surface area contributed by atoms with Crippen LogP contribution in [-0.2, 0) is 25.9 Å². The van der Waals surface area contributed by atoms with Crippen molar-refractivity contribution < 1.29 is 9.05 Å². The van der Waals surface area contributed by atoms with Crippen LogP contribution in [0.3, 0.4) is 0 Å². The highest BCUT2D eigenvalue weighted by Crippen LogP contribution is 2.07. The molecule has 0 aromatic carbocycles. The van der Waals surface area contributed by atoms with Crippen LogP contribution in [0.15, 0.2) is 18.6 Å². The Morgan fingerprint density at radius 2 is 1.20 bits per heavy atom. The molecule has 8 heteroatoms. The summed E-state index contributed by atoms with van der Waals surface area (Å²) < 4.78 is 9.77. The molecule has 0 radical (unpaired) electrons. The topological polar surface area (TPSA) is 116 Å². The Hall–Kier alpha value is -2.06. The number of H-pyrrole nitrogens is 2. The summed E-state index contributed by atoms with van der Waals surface area (Å²) in [6.45, 7) is 3.09. The Kier molecular flexibility index (Phi) is 3.57. The molecule has 0 saturated carbocycles. The summed E-state index contributed by atoms with van der Waals surface area (Å²) in [5, 5.41) is 10.8. The van der Waals surface area contributed by atoms with Crippen molar-refractivity contribution in [2.75, 3.05) is 13.1 Å². The third kappa shape index (κ3) is 2.47. The molecule has 0 bridgehead atoms. The van der Waals surface area contributed by atoms with Gasteiger partial charge < -0.3 is 19.7 Å². The van der Waals surface area contributed by atoms with E-state index in [0.717, 1.165) is 48.6 Å². The quantitative estimate of drug-likeness (QED) is 0.503. The van der Waals surface area contributed by atoms with Crippen LogP contribution in [0.5, 0.6) is 0 Å². The molecular weight excluding hydrogens is 264 g/mol. The number of aromatic nitrogens is 2. The van der Waals surface area contributed by atoms with E-state index in [0.29, 0.717) is 13.1 Å². The maximum atomic E-state index is 10.9. The summed E-state index contributed by atoms with van der Waals surface area (Å²) in [5.74, 6) is 1.52. The Morgan fingerprint density at radius 3 is 1.60 bits per heavy atom. The summed E-state index contributed by atoms with van der Waals surface area (Å²) in [4.78, 5) is 21.8. The standard InChI is InChI=1S/2C6H8N2O2/c2*9-6-4-1-2-7-3-5(4)10-8-6/h2*7H,1-3H2,(H,8,9). The summed E-state index contributed by atoms with van der Waals surface area (Å²) in [5.41, 5.74) is 1.46. The SMILES string of the molecule is O=c1[nH]oc2c1CCNC2.O=c1[nH]oc2c1CCNC2. The molecular formula is C12H16N4O4. The molecule has 0 spiro atoms. The average molecular weight is 280 g/mol. The van der Waals surface area contributed by atoms with Crippen molar-refractivity contribution >= 4 is 0 Å². The fourth-order valence-electron chi connectivity index (χ4n) is 2.34. The minimum atomic E-state index is -0.0727. The smallest absolute Gasteiger partial charge is 0.283 e. The van der Waals surface area contributed by atoms with Gasteiger partial charge in [0, 0.05) is 0 Å². The van der Waals surface area contributed by atoms with Crippen LogP contribution in [0.25, 0.3) is 0 Å². The van der Waals surface area contributed by atoms with E-state index < -0.39 is 0 Å². The molecule has 0 atom stereocenters. The second-order valence-corrected chi connectivity index (χ2v) is 4.72. The molecule has 20 heavy (non-hydrogen) atoms. The van der Waals surface area contributed by atoms with Crippen molar-refractivity contribution in [3.63, 3.8) is 0 Å². The minimum absolute atomic E-state index is 0.0727. The van der Waals surface area contributed by atoms with E-state index in [1.165, 1.54) is 0 Å². The van der Waals surface area contributed by atoms with Gasteiger partial charge in [-0.1, -0.05) is 0 Å². The van der Waals surface area contributed by atoms with Crippen LogP contribution in [0.1, 0.15) is 22.6 Å². The molecule has 2 aliphatic heterocycles. The molecule has 0 fully saturated rings. The van der Waals surface area contributed by atoms with E-state index in [4.69, 9.17) is 9.05 Å². The molecule has 0 unspecified atom stereocenters. The number of nitrogens with one attached hydrogen (secondary N) is 4. The molecule has 8 nitrogen and oxygen atoms in total. The second kappa shape index (κ2) is 5.51. The molecule has 2 aliphatic rings. The molecule has 0 aliphatic carbocycles. The minimum Gasteiger partial charge on any atom is -0.382 e. The summed E-state index contributed by atoms with van der Waals surface area (Å²) >= 11 is 0. The second-order valence-electron chi connectivity index (χ2n) is 4.72. The van der Waals surface area contributed by atoms with Crippen LogP contribution in [0.2, 0.25) is 0 Å². The average Bonchev–Trinajstić information content (AvgIpc) is 3.05. The molecule has 4 N–H and O–H groups in total. The first-order chi connectivity index (χ1) is 9.75. The highest BCUT2D eigenvalue weighted by Gasteiger charge is 2.16. The van der Waals surface area contributed by atoms with E-state index in [1.807, 2.05) is 0 Å². The number of rotatable bonds is 0. The number of fused-ring (bicyclic) bond motifs is 2. The zero-order valence-electron chi connectivity index (χ0n) is 10.9. The lowest BCUT2D eigenvalue weighted by atomic mass is 10.1. The molecule has 4 rings (SSSR count). The van der Waals surface area contributed by atoms with Crippen molar-refractivity contribution in [3.8, 4) is 0 Å². The van der Waals surface area contributed by atoms with Gasteiger partial charge in [-0.2, -0.15) is 10.3 Å². The highest BCUT2D eigenvalue weighted by molar-refractivity contribution is 5.16. The first-order valence-electron chi connectivity index (χ1n) is 6.55. The number of aromatic amines is 2. The Morgan fingerprint density at radius 1 is 0.750 bits per heavy atom. The lowest BCUT2D eigenvalue weighted by molar-refractivity contribution is 0.362. The predicted octanol–water partition coefficient (Wildman–Crippen LogP) is -0.773. The molecule has 2 aromatic heterocycles. The first kappa shape index (κ1) is 12.9. The van der Waals surface area contributed by atoms with E-state index in [-0.39, 0.29) is 11.1 Å². The molecule has 0 saturated heterocycles. The number of hydrogen-bond donors (Lipinski definition) is 4. The monoisotopic (exact) mass is 280 g/mol. The van der Waals surface area contributed by atoms with Crippen LogP contribution in [-0.4, -0.2) is 23.4 Å². The maximum absolute atomic E-state index is 10.9. The zero-order valence-corrected chi connectivity index (χ0v) is 10.9. The molecule has 4 heterocycles.